The Hall–Kier alpha value is -2.10. The van der Waals surface area contributed by atoms with Crippen LogP contribution in [0.5, 0.6) is 0 Å². The van der Waals surface area contributed by atoms with E-state index in [1.54, 1.807) is 0 Å². The molecule has 0 atom stereocenters. The molecule has 4 heteroatoms. The summed E-state index contributed by atoms with van der Waals surface area (Å²) in [6.07, 6.45) is 2.63. The zero-order chi connectivity index (χ0) is 10.8. The Morgan fingerprint density at radius 1 is 1.33 bits per heavy atom. The molecule has 15 heavy (non-hydrogen) atoms. The second-order valence-electron chi connectivity index (χ2n) is 3.05. The first-order valence-electron chi connectivity index (χ1n) is 4.31. The number of benzene rings is 1. The van der Waals surface area contributed by atoms with Crippen LogP contribution in [0.1, 0.15) is 15.9 Å². The molecule has 0 saturated heterocycles. The highest BCUT2D eigenvalue weighted by Gasteiger charge is 2.16. The lowest BCUT2D eigenvalue weighted by atomic mass is 10.0. The standard InChI is InChI=1S/C11H8FNO2/c12-10-8(2-1-3-9(10)13)11(14)7-4-5-15-6-7/h1-6H,13H2. The number of ketones is 1. The van der Waals surface area contributed by atoms with Crippen LogP contribution in [0.15, 0.2) is 41.2 Å². The van der Waals surface area contributed by atoms with Gasteiger partial charge in [0.25, 0.3) is 0 Å². The highest BCUT2D eigenvalue weighted by Crippen LogP contribution is 2.18. The van der Waals surface area contributed by atoms with Gasteiger partial charge in [-0.25, -0.2) is 4.39 Å². The van der Waals surface area contributed by atoms with E-state index in [4.69, 9.17) is 10.2 Å². The first-order chi connectivity index (χ1) is 7.20. The summed E-state index contributed by atoms with van der Waals surface area (Å²) in [7, 11) is 0. The van der Waals surface area contributed by atoms with Crippen LogP contribution in [-0.4, -0.2) is 5.78 Å². The summed E-state index contributed by atoms with van der Waals surface area (Å²) in [6, 6.07) is 5.80. The summed E-state index contributed by atoms with van der Waals surface area (Å²) in [5.74, 6) is -1.13. The van der Waals surface area contributed by atoms with Crippen molar-refractivity contribution in [3.8, 4) is 0 Å². The van der Waals surface area contributed by atoms with Crippen LogP contribution in [0.25, 0.3) is 0 Å². The topological polar surface area (TPSA) is 56.2 Å². The number of halogens is 1. The number of nitrogens with two attached hydrogens (primary N) is 1. The predicted molar refractivity (Wildman–Crippen MR) is 53.0 cm³/mol. The van der Waals surface area contributed by atoms with Crippen molar-refractivity contribution in [2.75, 3.05) is 5.73 Å². The van der Waals surface area contributed by atoms with Crippen LogP contribution in [0.4, 0.5) is 10.1 Å². The summed E-state index contributed by atoms with van der Waals surface area (Å²) in [4.78, 5) is 11.7. The largest absolute Gasteiger partial charge is 0.472 e. The number of hydrogen-bond acceptors (Lipinski definition) is 3. The van der Waals surface area contributed by atoms with E-state index in [2.05, 4.69) is 0 Å². The SMILES string of the molecule is Nc1cccc(C(=O)c2ccoc2)c1F. The first-order valence-corrected chi connectivity index (χ1v) is 4.31. The van der Waals surface area contributed by atoms with Gasteiger partial charge in [-0.1, -0.05) is 6.07 Å². The number of carbonyl (C=O) groups excluding carboxylic acids is 1. The number of hydrogen-bond donors (Lipinski definition) is 1. The van der Waals surface area contributed by atoms with Crippen molar-refractivity contribution in [3.05, 3.63) is 53.7 Å². The first kappa shape index (κ1) is 9.45. The maximum Gasteiger partial charge on any atom is 0.199 e. The molecule has 3 nitrogen and oxygen atoms in total. The van der Waals surface area contributed by atoms with E-state index in [1.165, 1.54) is 36.8 Å². The average molecular weight is 205 g/mol. The molecule has 0 aliphatic rings. The van der Waals surface area contributed by atoms with Crippen molar-refractivity contribution in [3.63, 3.8) is 0 Å². The summed E-state index contributed by atoms with van der Waals surface area (Å²) in [5, 5.41) is 0. The summed E-state index contributed by atoms with van der Waals surface area (Å²) in [5.41, 5.74) is 5.58. The number of furan rings is 1. The molecular weight excluding hydrogens is 197 g/mol. The van der Waals surface area contributed by atoms with Gasteiger partial charge in [0.2, 0.25) is 0 Å². The Kier molecular flexibility index (Phi) is 2.25. The fourth-order valence-electron chi connectivity index (χ4n) is 1.27. The van der Waals surface area contributed by atoms with Crippen molar-refractivity contribution in [1.29, 1.82) is 0 Å². The van der Waals surface area contributed by atoms with Gasteiger partial charge in [-0.05, 0) is 18.2 Å². The molecule has 0 bridgehead atoms. The lowest BCUT2D eigenvalue weighted by Gasteiger charge is -2.02. The molecule has 1 aromatic heterocycles. The van der Waals surface area contributed by atoms with Gasteiger partial charge in [0.1, 0.15) is 6.26 Å². The van der Waals surface area contributed by atoms with Crippen LogP contribution in [0.2, 0.25) is 0 Å². The molecule has 0 aliphatic carbocycles. The third-order valence-electron chi connectivity index (χ3n) is 2.06. The zero-order valence-corrected chi connectivity index (χ0v) is 7.74. The molecule has 1 heterocycles. The summed E-state index contributed by atoms with van der Waals surface area (Å²) in [6.45, 7) is 0. The third kappa shape index (κ3) is 1.61. The number of carbonyl (C=O) groups is 1. The maximum atomic E-state index is 13.5. The summed E-state index contributed by atoms with van der Waals surface area (Å²) < 4.78 is 18.2. The highest BCUT2D eigenvalue weighted by molar-refractivity contribution is 6.09. The van der Waals surface area contributed by atoms with Crippen LogP contribution >= 0.6 is 0 Å². The smallest absolute Gasteiger partial charge is 0.199 e. The molecule has 2 aromatic rings. The lowest BCUT2D eigenvalue weighted by molar-refractivity contribution is 0.103. The molecule has 76 valence electrons. The number of anilines is 1. The van der Waals surface area contributed by atoms with Gasteiger partial charge >= 0.3 is 0 Å². The molecular formula is C11H8FNO2. The fourth-order valence-corrected chi connectivity index (χ4v) is 1.27. The van der Waals surface area contributed by atoms with Gasteiger partial charge in [0.15, 0.2) is 11.6 Å². The van der Waals surface area contributed by atoms with E-state index in [0.717, 1.165) is 0 Å². The van der Waals surface area contributed by atoms with Crippen LogP contribution in [0, 0.1) is 5.82 Å². The average Bonchev–Trinajstić information content (AvgIpc) is 2.74. The van der Waals surface area contributed by atoms with Gasteiger partial charge in [-0.3, -0.25) is 4.79 Å². The zero-order valence-electron chi connectivity index (χ0n) is 7.74. The molecule has 0 spiro atoms. The molecule has 0 fully saturated rings. The molecule has 0 aliphatic heterocycles. The molecule has 0 amide bonds. The van der Waals surface area contributed by atoms with E-state index >= 15 is 0 Å². The van der Waals surface area contributed by atoms with Crippen LogP contribution in [0.3, 0.4) is 0 Å². The second kappa shape index (κ2) is 3.57. The molecule has 0 saturated carbocycles. The number of nitrogen functional groups attached to an aromatic ring is 1. The maximum absolute atomic E-state index is 13.5. The summed E-state index contributed by atoms with van der Waals surface area (Å²) >= 11 is 0. The molecule has 2 rings (SSSR count). The second-order valence-corrected chi connectivity index (χ2v) is 3.05. The van der Waals surface area contributed by atoms with Gasteiger partial charge in [-0.2, -0.15) is 0 Å². The Labute approximate surface area is 85.3 Å². The van der Waals surface area contributed by atoms with Gasteiger partial charge < -0.3 is 10.2 Å². The van der Waals surface area contributed by atoms with E-state index in [0.29, 0.717) is 5.56 Å². The Morgan fingerprint density at radius 2 is 2.13 bits per heavy atom. The van der Waals surface area contributed by atoms with Crippen LogP contribution in [-0.2, 0) is 0 Å². The van der Waals surface area contributed by atoms with Crippen molar-refractivity contribution in [1.82, 2.24) is 0 Å². The molecule has 0 unspecified atom stereocenters. The Balaban J connectivity index is 2.47. The predicted octanol–water partition coefficient (Wildman–Crippen LogP) is 2.23. The third-order valence-corrected chi connectivity index (χ3v) is 2.06. The van der Waals surface area contributed by atoms with E-state index in [9.17, 15) is 9.18 Å². The normalized spacial score (nSPS) is 10.2. The fraction of sp³-hybridized carbons (Fsp3) is 0. The minimum Gasteiger partial charge on any atom is -0.472 e. The quantitative estimate of drug-likeness (QED) is 0.604. The van der Waals surface area contributed by atoms with E-state index in [1.807, 2.05) is 0 Å². The minimum atomic E-state index is -0.691. The Morgan fingerprint density at radius 3 is 2.80 bits per heavy atom. The van der Waals surface area contributed by atoms with Gasteiger partial charge in [0, 0.05) is 0 Å². The van der Waals surface area contributed by atoms with Gasteiger partial charge in [0.05, 0.1) is 23.1 Å². The van der Waals surface area contributed by atoms with Crippen molar-refractivity contribution < 1.29 is 13.6 Å². The van der Waals surface area contributed by atoms with Gasteiger partial charge in [-0.15, -0.1) is 0 Å². The van der Waals surface area contributed by atoms with E-state index < -0.39 is 11.6 Å². The number of rotatable bonds is 2. The van der Waals surface area contributed by atoms with Crippen LogP contribution < -0.4 is 5.73 Å². The van der Waals surface area contributed by atoms with Crippen molar-refractivity contribution >= 4 is 11.5 Å². The molecule has 1 aromatic carbocycles. The van der Waals surface area contributed by atoms with E-state index in [-0.39, 0.29) is 11.3 Å². The monoisotopic (exact) mass is 205 g/mol. The van der Waals surface area contributed by atoms with Crippen molar-refractivity contribution in [2.45, 2.75) is 0 Å². The van der Waals surface area contributed by atoms with Crippen molar-refractivity contribution in [2.24, 2.45) is 0 Å². The molecule has 0 radical (unpaired) electrons. The highest BCUT2D eigenvalue weighted by atomic mass is 19.1. The Bertz CT molecular complexity index is 491. The minimum absolute atomic E-state index is 0.0376. The molecule has 2 N–H and O–H groups in total. The lowest BCUT2D eigenvalue weighted by Crippen LogP contribution is -2.05.